The highest BCUT2D eigenvalue weighted by atomic mass is 19.3. The number of carbonyl (C=O) groups is 6. The van der Waals surface area contributed by atoms with E-state index in [1.807, 2.05) is 5.32 Å². The molecule has 0 spiro atoms. The molecule has 0 unspecified atom stereocenters. The van der Waals surface area contributed by atoms with Crippen molar-refractivity contribution in [3.8, 4) is 0 Å². The molecule has 14 heteroatoms. The Morgan fingerprint density at radius 2 is 1.19 bits per heavy atom. The minimum atomic E-state index is -4.64. The monoisotopic (exact) mass is 606 g/mol. The minimum Gasteiger partial charge on any atom is -0.464 e. The first-order valence-corrected chi connectivity index (χ1v) is 14.1. The van der Waals surface area contributed by atoms with Crippen molar-refractivity contribution in [3.05, 3.63) is 0 Å². The largest absolute Gasteiger partial charge is 0.464 e. The summed E-state index contributed by atoms with van der Waals surface area (Å²) in [6, 6.07) is -5.68. The normalized spacial score (nSPS) is 15.5. The lowest BCUT2D eigenvalue weighted by molar-refractivity contribution is -0.161. The fourth-order valence-corrected chi connectivity index (χ4v) is 3.63. The van der Waals surface area contributed by atoms with E-state index in [1.165, 1.54) is 13.8 Å². The number of esters is 1. The number of carbonyl (C=O) groups excluding carboxylic acids is 6. The summed E-state index contributed by atoms with van der Waals surface area (Å²) < 4.78 is 40.2. The van der Waals surface area contributed by atoms with Gasteiger partial charge in [0.1, 0.15) is 23.7 Å². The molecule has 0 aliphatic carbocycles. The number of amides is 4. The average molecular weight is 607 g/mol. The summed E-state index contributed by atoms with van der Waals surface area (Å²) in [6.07, 6.45) is -0.430. The Morgan fingerprint density at radius 3 is 1.62 bits per heavy atom. The van der Waals surface area contributed by atoms with Gasteiger partial charge in [0.25, 0.3) is 5.91 Å². The molecule has 0 rings (SSSR count). The predicted octanol–water partition coefficient (Wildman–Crippen LogP) is 2.48. The zero-order valence-corrected chi connectivity index (χ0v) is 26.5. The Balaban J connectivity index is 5.67. The number of Topliss-reactive ketones (excluding diaryl/α,β-unsaturated/α-hetero) is 1. The van der Waals surface area contributed by atoms with Gasteiger partial charge in [0.05, 0.1) is 12.6 Å². The van der Waals surface area contributed by atoms with Crippen molar-refractivity contribution >= 4 is 35.6 Å². The molecular weight excluding hydrogens is 558 g/mol. The summed E-state index contributed by atoms with van der Waals surface area (Å²) >= 11 is 0. The van der Waals surface area contributed by atoms with Crippen molar-refractivity contribution in [3.63, 3.8) is 0 Å². The molecule has 42 heavy (non-hydrogen) atoms. The van der Waals surface area contributed by atoms with E-state index in [9.17, 15) is 28.8 Å². The predicted molar refractivity (Wildman–Crippen MR) is 150 cm³/mol. The highest BCUT2D eigenvalue weighted by molar-refractivity contribution is 6.11. The minimum absolute atomic E-state index is 0.0595. The third-order valence-electron chi connectivity index (χ3n) is 6.26. The smallest absolute Gasteiger partial charge is 0.408 e. The fraction of sp³-hybridized carbons (Fsp3) is 0.786. The second-order valence-corrected chi connectivity index (χ2v) is 11.9. The van der Waals surface area contributed by atoms with Crippen LogP contribution in [0, 0.1) is 17.8 Å². The van der Waals surface area contributed by atoms with Crippen molar-refractivity contribution in [2.75, 3.05) is 6.61 Å². The maximum Gasteiger partial charge on any atom is 0.408 e. The number of halogens is 2. The molecule has 0 aromatic heterocycles. The van der Waals surface area contributed by atoms with Crippen molar-refractivity contribution in [2.45, 2.75) is 118 Å². The zero-order valence-electron chi connectivity index (χ0n) is 26.5. The van der Waals surface area contributed by atoms with E-state index in [4.69, 9.17) is 9.47 Å². The second kappa shape index (κ2) is 16.4. The lowest BCUT2D eigenvalue weighted by Crippen LogP contribution is -2.61. The Kier molecular flexibility index (Phi) is 15.1. The van der Waals surface area contributed by atoms with Gasteiger partial charge in [0, 0.05) is 0 Å². The van der Waals surface area contributed by atoms with E-state index < -0.39 is 83.1 Å². The van der Waals surface area contributed by atoms with Crippen LogP contribution in [-0.4, -0.2) is 77.9 Å². The average Bonchev–Trinajstić information content (AvgIpc) is 2.85. The molecule has 0 aliphatic rings. The van der Waals surface area contributed by atoms with Crippen molar-refractivity contribution in [2.24, 2.45) is 17.8 Å². The molecule has 0 fully saturated rings. The van der Waals surface area contributed by atoms with Gasteiger partial charge in [0.15, 0.2) is 0 Å². The van der Waals surface area contributed by atoms with Crippen molar-refractivity contribution in [1.29, 1.82) is 0 Å². The van der Waals surface area contributed by atoms with Gasteiger partial charge >= 0.3 is 18.0 Å². The van der Waals surface area contributed by atoms with Crippen LogP contribution < -0.4 is 21.3 Å². The molecule has 0 saturated carbocycles. The number of alkyl halides is 2. The lowest BCUT2D eigenvalue weighted by Gasteiger charge is -2.29. The highest BCUT2D eigenvalue weighted by Crippen LogP contribution is 2.20. The molecule has 0 radical (unpaired) electrons. The molecule has 0 bridgehead atoms. The van der Waals surface area contributed by atoms with E-state index in [1.54, 1.807) is 55.4 Å². The number of alkyl carbamates (subject to hydrolysis) is 1. The molecule has 12 nitrogen and oxygen atoms in total. The third-order valence-corrected chi connectivity index (χ3v) is 6.26. The maximum atomic E-state index is 15.0. The van der Waals surface area contributed by atoms with Crippen LogP contribution in [0.2, 0.25) is 0 Å². The third kappa shape index (κ3) is 11.9. The van der Waals surface area contributed by atoms with Gasteiger partial charge in [-0.2, -0.15) is 8.78 Å². The molecule has 0 heterocycles. The molecular formula is C28H48F2N4O8. The second-order valence-electron chi connectivity index (χ2n) is 11.9. The molecule has 0 aliphatic heterocycles. The van der Waals surface area contributed by atoms with Gasteiger partial charge in [-0.25, -0.2) is 9.59 Å². The lowest BCUT2D eigenvalue weighted by atomic mass is 9.97. The molecule has 5 atom stereocenters. The van der Waals surface area contributed by atoms with Crippen LogP contribution in [0.3, 0.4) is 0 Å². The molecule has 0 saturated heterocycles. The van der Waals surface area contributed by atoms with Gasteiger partial charge in [-0.15, -0.1) is 0 Å². The van der Waals surface area contributed by atoms with Gasteiger partial charge in [0.2, 0.25) is 17.6 Å². The van der Waals surface area contributed by atoms with E-state index in [0.29, 0.717) is 6.42 Å². The van der Waals surface area contributed by atoms with Gasteiger partial charge in [-0.3, -0.25) is 19.2 Å². The Hall–Kier alpha value is -3.32. The first-order chi connectivity index (χ1) is 19.1. The number of hydrogen-bond acceptors (Lipinski definition) is 8. The van der Waals surface area contributed by atoms with E-state index >= 15 is 8.78 Å². The SMILES string of the molecule is CCOC(=O)[C@@H](NC(=O)[C@@H](NC(=O)C(F)(F)C(=O)[C@H](C)NC(=O)[C@@H](NC(=O)OC(C)(C)C)C(C)C)C(C)C)[C@@H](C)CC. The van der Waals surface area contributed by atoms with Crippen LogP contribution >= 0.6 is 0 Å². The number of hydrogen-bond donors (Lipinski definition) is 4. The van der Waals surface area contributed by atoms with E-state index in [0.717, 1.165) is 6.92 Å². The Labute approximate surface area is 246 Å². The summed E-state index contributed by atoms with van der Waals surface area (Å²) in [6.45, 7) is 17.1. The van der Waals surface area contributed by atoms with Crippen molar-refractivity contribution < 1.29 is 47.0 Å². The Morgan fingerprint density at radius 1 is 0.714 bits per heavy atom. The summed E-state index contributed by atoms with van der Waals surface area (Å²) in [5.74, 6) is -12.8. The van der Waals surface area contributed by atoms with Gasteiger partial charge in [-0.05, 0) is 52.4 Å². The van der Waals surface area contributed by atoms with Crippen LogP contribution in [0.1, 0.15) is 82.6 Å². The van der Waals surface area contributed by atoms with Crippen molar-refractivity contribution in [1.82, 2.24) is 21.3 Å². The summed E-state index contributed by atoms with van der Waals surface area (Å²) in [7, 11) is 0. The molecule has 242 valence electrons. The first kappa shape index (κ1) is 38.7. The van der Waals surface area contributed by atoms with Crippen LogP contribution in [0.25, 0.3) is 0 Å². The van der Waals surface area contributed by atoms with Gasteiger partial charge < -0.3 is 30.7 Å². The van der Waals surface area contributed by atoms with Gasteiger partial charge in [-0.1, -0.05) is 48.0 Å². The maximum absolute atomic E-state index is 15.0. The molecule has 4 N–H and O–H groups in total. The highest BCUT2D eigenvalue weighted by Gasteiger charge is 2.51. The topological polar surface area (TPSA) is 169 Å². The summed E-state index contributed by atoms with van der Waals surface area (Å²) in [5.41, 5.74) is -0.862. The molecule has 4 amide bonds. The number of ketones is 1. The van der Waals surface area contributed by atoms with Crippen LogP contribution in [-0.2, 0) is 33.4 Å². The molecule has 0 aromatic carbocycles. The van der Waals surface area contributed by atoms with Crippen LogP contribution in [0.4, 0.5) is 13.6 Å². The number of ether oxygens (including phenoxy) is 2. The standard InChI is InChI=1S/C28H48F2N4O8/c1-12-16(7)20(24(38)41-13-2)32-23(37)18(14(3)4)33-25(39)28(29,30)21(35)17(8)31-22(36)19(15(5)6)34-26(40)42-27(9,10)11/h14-20H,12-13H2,1-11H3,(H,31,36)(H,32,37)(H,33,39)(H,34,40)/t16-,17-,18-,19-,20-/m0/s1. The van der Waals surface area contributed by atoms with Crippen LogP contribution in [0.15, 0.2) is 0 Å². The van der Waals surface area contributed by atoms with E-state index in [2.05, 4.69) is 16.0 Å². The summed E-state index contributed by atoms with van der Waals surface area (Å²) in [5, 5.41) is 8.82. The number of rotatable bonds is 15. The first-order valence-electron chi connectivity index (χ1n) is 14.1. The Bertz CT molecular complexity index is 981. The van der Waals surface area contributed by atoms with Crippen LogP contribution in [0.5, 0.6) is 0 Å². The molecule has 0 aromatic rings. The number of nitrogens with one attached hydrogen (secondary N) is 4. The summed E-state index contributed by atoms with van der Waals surface area (Å²) in [4.78, 5) is 75.5. The van der Waals surface area contributed by atoms with E-state index in [-0.39, 0.29) is 12.5 Å². The quantitative estimate of drug-likeness (QED) is 0.163. The fourth-order valence-electron chi connectivity index (χ4n) is 3.63. The zero-order chi connectivity index (χ0) is 33.2.